The van der Waals surface area contributed by atoms with Gasteiger partial charge in [0.25, 0.3) is 0 Å². The van der Waals surface area contributed by atoms with Crippen LogP contribution in [0.1, 0.15) is 16.7 Å². The van der Waals surface area contributed by atoms with Crippen molar-refractivity contribution in [3.63, 3.8) is 0 Å². The first-order valence-corrected chi connectivity index (χ1v) is 6.83. The first kappa shape index (κ1) is 15.3. The summed E-state index contributed by atoms with van der Waals surface area (Å²) in [5.41, 5.74) is 2.87. The minimum absolute atomic E-state index is 0.246. The summed E-state index contributed by atoms with van der Waals surface area (Å²) in [5.74, 6) is 1.31. The van der Waals surface area contributed by atoms with E-state index < -0.39 is 0 Å². The monoisotopic (exact) mass is 289 g/mol. The van der Waals surface area contributed by atoms with Gasteiger partial charge in [0, 0.05) is 12.1 Å². The highest BCUT2D eigenvalue weighted by atomic mass is 19.1. The zero-order valence-electron chi connectivity index (χ0n) is 12.6. The summed E-state index contributed by atoms with van der Waals surface area (Å²) in [6.07, 6.45) is 0. The molecule has 2 rings (SSSR count). The van der Waals surface area contributed by atoms with Crippen LogP contribution >= 0.6 is 0 Å². The van der Waals surface area contributed by atoms with Gasteiger partial charge >= 0.3 is 0 Å². The van der Waals surface area contributed by atoms with E-state index in [1.54, 1.807) is 13.2 Å². The van der Waals surface area contributed by atoms with Gasteiger partial charge in [-0.2, -0.15) is 0 Å². The molecule has 1 N–H and O–H groups in total. The van der Waals surface area contributed by atoms with Crippen molar-refractivity contribution in [1.82, 2.24) is 5.32 Å². The highest BCUT2D eigenvalue weighted by molar-refractivity contribution is 5.40. The Labute approximate surface area is 124 Å². The van der Waals surface area contributed by atoms with Crippen LogP contribution in [-0.2, 0) is 13.2 Å². The van der Waals surface area contributed by atoms with Crippen LogP contribution in [0.4, 0.5) is 4.39 Å². The van der Waals surface area contributed by atoms with Crippen LogP contribution in [-0.4, -0.2) is 14.2 Å². The van der Waals surface area contributed by atoms with Crippen molar-refractivity contribution >= 4 is 0 Å². The standard InChI is InChI=1S/C17H20FNO2/c1-12-4-5-15(18)8-14(12)11-21-17-7-6-16(20-3)9-13(17)10-19-2/h4-9,19H,10-11H2,1-3H3. The van der Waals surface area contributed by atoms with E-state index in [1.807, 2.05) is 32.2 Å². The third kappa shape index (κ3) is 3.95. The molecule has 0 bridgehead atoms. The van der Waals surface area contributed by atoms with E-state index in [4.69, 9.17) is 9.47 Å². The molecule has 0 atom stereocenters. The molecule has 112 valence electrons. The molecule has 0 radical (unpaired) electrons. The fraction of sp³-hybridized carbons (Fsp3) is 0.294. The second-order valence-corrected chi connectivity index (χ2v) is 4.86. The molecule has 0 spiro atoms. The maximum absolute atomic E-state index is 13.3. The molecule has 21 heavy (non-hydrogen) atoms. The minimum Gasteiger partial charge on any atom is -0.497 e. The lowest BCUT2D eigenvalue weighted by molar-refractivity contribution is 0.300. The fourth-order valence-corrected chi connectivity index (χ4v) is 2.10. The molecule has 0 unspecified atom stereocenters. The molecule has 0 fully saturated rings. The zero-order valence-corrected chi connectivity index (χ0v) is 12.6. The summed E-state index contributed by atoms with van der Waals surface area (Å²) in [7, 11) is 3.51. The molecule has 2 aromatic carbocycles. The van der Waals surface area contributed by atoms with Gasteiger partial charge in [-0.15, -0.1) is 0 Å². The molecule has 0 heterocycles. The minimum atomic E-state index is -0.246. The Balaban J connectivity index is 2.17. The van der Waals surface area contributed by atoms with E-state index in [-0.39, 0.29) is 5.82 Å². The van der Waals surface area contributed by atoms with Crippen molar-refractivity contribution in [3.8, 4) is 11.5 Å². The van der Waals surface area contributed by atoms with Crippen molar-refractivity contribution in [2.75, 3.05) is 14.2 Å². The summed E-state index contributed by atoms with van der Waals surface area (Å²) in [5, 5.41) is 3.10. The van der Waals surface area contributed by atoms with Gasteiger partial charge in [0.05, 0.1) is 7.11 Å². The molecule has 0 aromatic heterocycles. The molecule has 0 amide bonds. The average molecular weight is 289 g/mol. The molecular formula is C17H20FNO2. The largest absolute Gasteiger partial charge is 0.497 e. The summed E-state index contributed by atoms with van der Waals surface area (Å²) in [6.45, 7) is 2.96. The first-order valence-electron chi connectivity index (χ1n) is 6.83. The van der Waals surface area contributed by atoms with Crippen LogP contribution in [0, 0.1) is 12.7 Å². The van der Waals surface area contributed by atoms with E-state index in [9.17, 15) is 4.39 Å². The van der Waals surface area contributed by atoms with Gasteiger partial charge in [-0.05, 0) is 55.4 Å². The van der Waals surface area contributed by atoms with E-state index in [1.165, 1.54) is 12.1 Å². The zero-order chi connectivity index (χ0) is 15.2. The molecular weight excluding hydrogens is 269 g/mol. The summed E-state index contributed by atoms with van der Waals surface area (Å²) < 4.78 is 24.4. The highest BCUT2D eigenvalue weighted by Gasteiger charge is 2.07. The second kappa shape index (κ2) is 7.09. The topological polar surface area (TPSA) is 30.5 Å². The van der Waals surface area contributed by atoms with E-state index in [0.717, 1.165) is 28.2 Å². The Morgan fingerprint density at radius 1 is 1.10 bits per heavy atom. The molecule has 0 aliphatic rings. The number of benzene rings is 2. The van der Waals surface area contributed by atoms with Gasteiger partial charge in [-0.1, -0.05) is 6.07 Å². The molecule has 2 aromatic rings. The normalized spacial score (nSPS) is 10.5. The van der Waals surface area contributed by atoms with Crippen molar-refractivity contribution in [3.05, 3.63) is 58.9 Å². The lowest BCUT2D eigenvalue weighted by Gasteiger charge is -2.14. The van der Waals surface area contributed by atoms with Crippen LogP contribution in [0.5, 0.6) is 11.5 Å². The third-order valence-electron chi connectivity index (χ3n) is 3.33. The van der Waals surface area contributed by atoms with Crippen molar-refractivity contribution < 1.29 is 13.9 Å². The third-order valence-corrected chi connectivity index (χ3v) is 3.33. The quantitative estimate of drug-likeness (QED) is 0.883. The Bertz CT molecular complexity index is 614. The smallest absolute Gasteiger partial charge is 0.124 e. The molecule has 4 heteroatoms. The van der Waals surface area contributed by atoms with Crippen LogP contribution in [0.15, 0.2) is 36.4 Å². The first-order chi connectivity index (χ1) is 10.1. The predicted octanol–water partition coefficient (Wildman–Crippen LogP) is 3.44. The predicted molar refractivity (Wildman–Crippen MR) is 81.2 cm³/mol. The summed E-state index contributed by atoms with van der Waals surface area (Å²) >= 11 is 0. The van der Waals surface area contributed by atoms with E-state index in [2.05, 4.69) is 5.32 Å². The van der Waals surface area contributed by atoms with Gasteiger partial charge in [0.2, 0.25) is 0 Å². The summed E-state index contributed by atoms with van der Waals surface area (Å²) in [6, 6.07) is 10.4. The SMILES string of the molecule is CNCc1cc(OC)ccc1OCc1cc(F)ccc1C. The average Bonchev–Trinajstić information content (AvgIpc) is 2.49. The van der Waals surface area contributed by atoms with Gasteiger partial charge in [0.15, 0.2) is 0 Å². The van der Waals surface area contributed by atoms with Gasteiger partial charge < -0.3 is 14.8 Å². The molecule has 0 saturated carbocycles. The van der Waals surface area contributed by atoms with Crippen molar-refractivity contribution in [2.24, 2.45) is 0 Å². The maximum atomic E-state index is 13.3. The molecule has 0 saturated heterocycles. The van der Waals surface area contributed by atoms with Crippen LogP contribution in [0.3, 0.4) is 0 Å². The van der Waals surface area contributed by atoms with E-state index >= 15 is 0 Å². The number of hydrogen-bond acceptors (Lipinski definition) is 3. The second-order valence-electron chi connectivity index (χ2n) is 4.86. The number of nitrogens with one attached hydrogen (secondary N) is 1. The maximum Gasteiger partial charge on any atom is 0.124 e. The van der Waals surface area contributed by atoms with Gasteiger partial charge in [-0.25, -0.2) is 4.39 Å². The Morgan fingerprint density at radius 2 is 1.90 bits per heavy atom. The van der Waals surface area contributed by atoms with Crippen molar-refractivity contribution in [1.29, 1.82) is 0 Å². The van der Waals surface area contributed by atoms with Gasteiger partial charge in [0.1, 0.15) is 23.9 Å². The molecule has 0 aliphatic carbocycles. The number of ether oxygens (including phenoxy) is 2. The highest BCUT2D eigenvalue weighted by Crippen LogP contribution is 2.25. The molecule has 0 aliphatic heterocycles. The van der Waals surface area contributed by atoms with Crippen LogP contribution in [0.25, 0.3) is 0 Å². The Morgan fingerprint density at radius 3 is 2.62 bits per heavy atom. The van der Waals surface area contributed by atoms with Gasteiger partial charge in [-0.3, -0.25) is 0 Å². The Hall–Kier alpha value is -2.07. The van der Waals surface area contributed by atoms with Crippen LogP contribution in [0.2, 0.25) is 0 Å². The number of hydrogen-bond donors (Lipinski definition) is 1. The molecule has 3 nitrogen and oxygen atoms in total. The number of rotatable bonds is 6. The lowest BCUT2D eigenvalue weighted by atomic mass is 10.1. The lowest BCUT2D eigenvalue weighted by Crippen LogP contribution is -2.08. The number of halogens is 1. The number of methoxy groups -OCH3 is 1. The summed E-state index contributed by atoms with van der Waals surface area (Å²) in [4.78, 5) is 0. The fourth-order valence-electron chi connectivity index (χ4n) is 2.10. The van der Waals surface area contributed by atoms with E-state index in [0.29, 0.717) is 13.2 Å². The van der Waals surface area contributed by atoms with Crippen molar-refractivity contribution in [2.45, 2.75) is 20.1 Å². The van der Waals surface area contributed by atoms with Crippen LogP contribution < -0.4 is 14.8 Å². The Kier molecular flexibility index (Phi) is 5.17. The number of aryl methyl sites for hydroxylation is 1.